The molecule has 0 saturated carbocycles. The third-order valence-electron chi connectivity index (χ3n) is 12.6. The van der Waals surface area contributed by atoms with Crippen molar-refractivity contribution in [3.8, 4) is 22.3 Å². The molecule has 0 atom stereocenters. The second kappa shape index (κ2) is 16.1. The monoisotopic (exact) mass is 828 g/mol. The van der Waals surface area contributed by atoms with Gasteiger partial charge in [0, 0.05) is 45.7 Å². The number of para-hydroxylation sites is 2. The predicted molar refractivity (Wildman–Crippen MR) is 269 cm³/mol. The molecular formula is C60H48N2O2. The minimum Gasteiger partial charge on any atom is -0.440 e. The number of anilines is 6. The van der Waals surface area contributed by atoms with Crippen molar-refractivity contribution in [3.63, 3.8) is 0 Å². The van der Waals surface area contributed by atoms with E-state index in [1.165, 1.54) is 22.3 Å². The van der Waals surface area contributed by atoms with Gasteiger partial charge in [-0.25, -0.2) is 0 Å². The van der Waals surface area contributed by atoms with Crippen LogP contribution in [0, 0.1) is 0 Å². The third-order valence-corrected chi connectivity index (χ3v) is 12.6. The Bertz CT molecular complexity index is 3140. The fraction of sp³-hybridized carbons (Fsp3) is 0.100. The second-order valence-corrected chi connectivity index (χ2v) is 17.4. The zero-order chi connectivity index (χ0) is 43.3. The van der Waals surface area contributed by atoms with Crippen LogP contribution in [-0.4, -0.2) is 0 Å². The maximum absolute atomic E-state index is 6.67. The first-order valence-corrected chi connectivity index (χ1v) is 22.3. The first-order chi connectivity index (χ1) is 31.4. The minimum atomic E-state index is 0.421. The molecule has 2 aromatic heterocycles. The lowest BCUT2D eigenvalue weighted by Crippen LogP contribution is -2.10. The summed E-state index contributed by atoms with van der Waals surface area (Å²) in [6.07, 6.45) is 0. The summed E-state index contributed by atoms with van der Waals surface area (Å²) >= 11 is 0. The highest BCUT2D eigenvalue weighted by molar-refractivity contribution is 6.22. The van der Waals surface area contributed by atoms with Crippen LogP contribution in [0.5, 0.6) is 0 Å². The van der Waals surface area contributed by atoms with Crippen LogP contribution >= 0.6 is 0 Å². The molecule has 0 bridgehead atoms. The molecule has 64 heavy (non-hydrogen) atoms. The van der Waals surface area contributed by atoms with Crippen LogP contribution in [0.1, 0.15) is 50.7 Å². The van der Waals surface area contributed by atoms with E-state index in [9.17, 15) is 0 Å². The SMILES string of the molecule is CC(C)c1ccc(N(c2ccc3c(-c4ccccc4)c4cc(N(c5ccc(C(C)C)cc5)c5cc6ccccc6o5)ccc4c(-c4ccccc4)c3c2)c2cc3ccccc3o2)cc1. The van der Waals surface area contributed by atoms with E-state index in [0.29, 0.717) is 11.8 Å². The highest BCUT2D eigenvalue weighted by Gasteiger charge is 2.24. The summed E-state index contributed by atoms with van der Waals surface area (Å²) in [5, 5.41) is 6.76. The van der Waals surface area contributed by atoms with Crippen molar-refractivity contribution in [2.45, 2.75) is 39.5 Å². The van der Waals surface area contributed by atoms with Crippen LogP contribution in [0.15, 0.2) is 215 Å². The Morgan fingerprint density at radius 3 is 1.06 bits per heavy atom. The summed E-state index contributed by atoms with van der Waals surface area (Å²) in [4.78, 5) is 4.51. The molecule has 11 rings (SSSR count). The second-order valence-electron chi connectivity index (χ2n) is 17.4. The van der Waals surface area contributed by atoms with E-state index in [2.05, 4.69) is 219 Å². The van der Waals surface area contributed by atoms with Gasteiger partial charge in [-0.05, 0) is 127 Å². The Balaban J connectivity index is 1.19. The molecule has 9 aromatic carbocycles. The zero-order valence-corrected chi connectivity index (χ0v) is 36.5. The van der Waals surface area contributed by atoms with Crippen molar-refractivity contribution in [3.05, 3.63) is 217 Å². The van der Waals surface area contributed by atoms with Gasteiger partial charge in [-0.2, -0.15) is 0 Å². The first-order valence-electron chi connectivity index (χ1n) is 22.3. The van der Waals surface area contributed by atoms with E-state index in [-0.39, 0.29) is 0 Å². The third kappa shape index (κ3) is 6.98. The van der Waals surface area contributed by atoms with Crippen molar-refractivity contribution < 1.29 is 8.83 Å². The van der Waals surface area contributed by atoms with Crippen molar-refractivity contribution in [2.75, 3.05) is 9.80 Å². The molecular weight excluding hydrogens is 781 g/mol. The molecule has 0 N–H and O–H groups in total. The molecule has 0 saturated heterocycles. The fourth-order valence-electron chi connectivity index (χ4n) is 9.29. The number of benzene rings is 9. The number of hydrogen-bond acceptors (Lipinski definition) is 4. The highest BCUT2D eigenvalue weighted by atomic mass is 16.4. The number of rotatable bonds is 10. The fourth-order valence-corrected chi connectivity index (χ4v) is 9.29. The molecule has 310 valence electrons. The van der Waals surface area contributed by atoms with E-state index in [1.807, 2.05) is 24.3 Å². The average molecular weight is 829 g/mol. The van der Waals surface area contributed by atoms with Gasteiger partial charge in [-0.15, -0.1) is 0 Å². The molecule has 0 unspecified atom stereocenters. The summed E-state index contributed by atoms with van der Waals surface area (Å²) < 4.78 is 13.3. The van der Waals surface area contributed by atoms with Gasteiger partial charge in [0.25, 0.3) is 0 Å². The molecule has 0 aliphatic rings. The van der Waals surface area contributed by atoms with Crippen LogP contribution in [-0.2, 0) is 0 Å². The first kappa shape index (κ1) is 39.1. The van der Waals surface area contributed by atoms with Gasteiger partial charge in [0.05, 0.1) is 0 Å². The minimum absolute atomic E-state index is 0.421. The Labute approximate surface area is 374 Å². The Kier molecular flexibility index (Phi) is 9.85. The molecule has 11 aromatic rings. The van der Waals surface area contributed by atoms with E-state index in [4.69, 9.17) is 8.83 Å². The lowest BCUT2D eigenvalue weighted by atomic mass is 9.85. The van der Waals surface area contributed by atoms with Crippen LogP contribution in [0.25, 0.3) is 65.7 Å². The molecule has 0 aliphatic heterocycles. The summed E-state index contributed by atoms with van der Waals surface area (Å²) in [6, 6.07) is 74.1. The largest absolute Gasteiger partial charge is 0.440 e. The van der Waals surface area contributed by atoms with Gasteiger partial charge in [-0.1, -0.05) is 161 Å². The van der Waals surface area contributed by atoms with E-state index in [1.54, 1.807) is 0 Å². The Morgan fingerprint density at radius 2 is 0.688 bits per heavy atom. The quantitative estimate of drug-likeness (QED) is 0.129. The maximum atomic E-state index is 6.67. The molecule has 4 heteroatoms. The zero-order valence-electron chi connectivity index (χ0n) is 36.5. The van der Waals surface area contributed by atoms with Gasteiger partial charge >= 0.3 is 0 Å². The standard InChI is InChI=1S/C60H48N2O2/c1-39(2)41-23-27-47(28-24-41)61(57-35-45-19-11-13-21-55(45)63-57)49-31-33-51-53(37-49)59(43-15-7-5-8-16-43)52-34-32-50(38-54(52)60(51)44-17-9-6-10-18-44)62(48-29-25-42(26-30-48)40(3)4)58-36-46-20-12-14-22-56(46)64-58/h5-40H,1-4H3. The number of fused-ring (bicyclic) bond motifs is 4. The number of nitrogens with zero attached hydrogens (tertiary/aromatic N) is 2. The molecule has 0 radical (unpaired) electrons. The molecule has 0 fully saturated rings. The lowest BCUT2D eigenvalue weighted by molar-refractivity contribution is 0.620. The molecule has 4 nitrogen and oxygen atoms in total. The van der Waals surface area contributed by atoms with E-state index in [0.717, 1.165) is 89.1 Å². The highest BCUT2D eigenvalue weighted by Crippen LogP contribution is 2.49. The van der Waals surface area contributed by atoms with Crippen molar-refractivity contribution in [2.24, 2.45) is 0 Å². The van der Waals surface area contributed by atoms with E-state index >= 15 is 0 Å². The normalized spacial score (nSPS) is 11.7. The van der Waals surface area contributed by atoms with Crippen LogP contribution in [0.2, 0.25) is 0 Å². The van der Waals surface area contributed by atoms with E-state index < -0.39 is 0 Å². The van der Waals surface area contributed by atoms with Crippen molar-refractivity contribution >= 4 is 78.0 Å². The Hall–Kier alpha value is -7.82. The average Bonchev–Trinajstić information content (AvgIpc) is 3.96. The smallest absolute Gasteiger partial charge is 0.205 e. The summed E-state index contributed by atoms with van der Waals surface area (Å²) in [6.45, 7) is 8.94. The van der Waals surface area contributed by atoms with Crippen LogP contribution in [0.3, 0.4) is 0 Å². The van der Waals surface area contributed by atoms with Crippen molar-refractivity contribution in [1.82, 2.24) is 0 Å². The molecule has 0 amide bonds. The topological polar surface area (TPSA) is 32.8 Å². The van der Waals surface area contributed by atoms with Crippen LogP contribution in [0.4, 0.5) is 34.5 Å². The van der Waals surface area contributed by atoms with Crippen LogP contribution < -0.4 is 9.80 Å². The molecule has 2 heterocycles. The maximum Gasteiger partial charge on any atom is 0.205 e. The Morgan fingerprint density at radius 1 is 0.328 bits per heavy atom. The van der Waals surface area contributed by atoms with Gasteiger partial charge in [0.15, 0.2) is 0 Å². The van der Waals surface area contributed by atoms with Gasteiger partial charge in [-0.3, -0.25) is 9.80 Å². The summed E-state index contributed by atoms with van der Waals surface area (Å²) in [5.41, 5.74) is 13.0. The van der Waals surface area contributed by atoms with Gasteiger partial charge in [0.1, 0.15) is 11.2 Å². The summed E-state index contributed by atoms with van der Waals surface area (Å²) in [5.74, 6) is 2.37. The number of furan rings is 2. The van der Waals surface area contributed by atoms with Gasteiger partial charge in [0.2, 0.25) is 11.8 Å². The van der Waals surface area contributed by atoms with Crippen molar-refractivity contribution in [1.29, 1.82) is 0 Å². The lowest BCUT2D eigenvalue weighted by Gasteiger charge is -2.26. The summed E-state index contributed by atoms with van der Waals surface area (Å²) in [7, 11) is 0. The number of hydrogen-bond donors (Lipinski definition) is 0. The predicted octanol–water partition coefficient (Wildman–Crippen LogP) is 18.0. The molecule has 0 spiro atoms. The van der Waals surface area contributed by atoms with Gasteiger partial charge < -0.3 is 8.83 Å². The molecule has 0 aliphatic carbocycles.